The average molecular weight is 319 g/mol. The summed E-state index contributed by atoms with van der Waals surface area (Å²) in [5, 5.41) is 0.451. The third-order valence-corrected chi connectivity index (χ3v) is 4.54. The Kier molecular flexibility index (Phi) is 3.53. The highest BCUT2D eigenvalue weighted by molar-refractivity contribution is 7.20. The second kappa shape index (κ2) is 5.38. The number of hydrogen-bond acceptors (Lipinski definition) is 5. The molecule has 0 fully saturated rings. The fourth-order valence-electron chi connectivity index (χ4n) is 2.32. The van der Waals surface area contributed by atoms with E-state index in [1.54, 1.807) is 6.92 Å². The first kappa shape index (κ1) is 14.5. The maximum atomic E-state index is 12.3. The molecule has 0 unspecified atom stereocenters. The molecule has 0 spiro atoms. The van der Waals surface area contributed by atoms with Crippen LogP contribution in [0, 0.1) is 6.92 Å². The number of rotatable bonds is 3. The maximum absolute atomic E-state index is 12.3. The number of aromatic nitrogens is 4. The summed E-state index contributed by atoms with van der Waals surface area (Å²) in [7, 11) is 3.24. The molecular weight excluding hydrogens is 304 g/mol. The summed E-state index contributed by atoms with van der Waals surface area (Å²) in [6.45, 7) is 2.18. The number of methoxy groups -OCH3 is 1. The molecule has 22 heavy (non-hydrogen) atoms. The Morgan fingerprint density at radius 3 is 2.95 bits per heavy atom. The number of aromatic amines is 1. The van der Waals surface area contributed by atoms with Crippen molar-refractivity contribution < 1.29 is 14.1 Å². The highest BCUT2D eigenvalue weighted by atomic mass is 32.1. The normalized spacial score (nSPS) is 11.0. The third kappa shape index (κ3) is 2.41. The lowest BCUT2D eigenvalue weighted by atomic mass is 10.2. The van der Waals surface area contributed by atoms with Gasteiger partial charge in [0, 0.05) is 0 Å². The van der Waals surface area contributed by atoms with Crippen molar-refractivity contribution >= 4 is 27.5 Å². The van der Waals surface area contributed by atoms with Crippen LogP contribution in [-0.2, 0) is 18.3 Å². The van der Waals surface area contributed by atoms with Gasteiger partial charge in [0.15, 0.2) is 5.82 Å². The third-order valence-electron chi connectivity index (χ3n) is 3.38. The van der Waals surface area contributed by atoms with Gasteiger partial charge >= 0.3 is 5.97 Å². The number of ether oxygens (including phenoxy) is 1. The summed E-state index contributed by atoms with van der Waals surface area (Å²) < 4.78 is 8.55. The fraction of sp³-hybridized carbons (Fsp3) is 0.286. The summed E-state index contributed by atoms with van der Waals surface area (Å²) >= 11 is 1.18. The molecule has 0 bridgehead atoms. The highest BCUT2D eigenvalue weighted by Crippen LogP contribution is 2.27. The van der Waals surface area contributed by atoms with E-state index in [1.165, 1.54) is 18.4 Å². The molecule has 0 radical (unpaired) electrons. The van der Waals surface area contributed by atoms with Crippen molar-refractivity contribution in [3.8, 4) is 0 Å². The first-order valence-corrected chi connectivity index (χ1v) is 7.43. The second-order valence-electron chi connectivity index (χ2n) is 4.99. The van der Waals surface area contributed by atoms with Crippen molar-refractivity contribution in [2.24, 2.45) is 7.05 Å². The molecule has 8 heteroatoms. The topological polar surface area (TPSA) is 80.9 Å². The Bertz CT molecular complexity index is 922. The van der Waals surface area contributed by atoms with Gasteiger partial charge in [-0.15, -0.1) is 11.3 Å². The van der Waals surface area contributed by atoms with Crippen LogP contribution in [-0.4, -0.2) is 27.6 Å². The standard InChI is InChI=1S/C14H14N4O3S/c1-8-10-12(19)15-9(6-18-5-4-17(2)7-18)16-13(10)22-11(8)14(20)21-3/h4-5,7H,6H2,1-3H3/p+1. The molecule has 7 nitrogen and oxygen atoms in total. The zero-order chi connectivity index (χ0) is 15.9. The molecule has 0 saturated carbocycles. The SMILES string of the molecule is COC(=O)c1sc2nc(Cn3cc[n+](C)c3)[nH]c(=O)c2c1C. The van der Waals surface area contributed by atoms with E-state index in [1.807, 2.05) is 34.9 Å². The number of carbonyl (C=O) groups is 1. The number of esters is 1. The van der Waals surface area contributed by atoms with E-state index in [2.05, 4.69) is 9.97 Å². The Balaban J connectivity index is 2.08. The van der Waals surface area contributed by atoms with Crippen molar-refractivity contribution in [1.29, 1.82) is 0 Å². The smallest absolute Gasteiger partial charge is 0.348 e. The molecule has 114 valence electrons. The van der Waals surface area contributed by atoms with Gasteiger partial charge in [0.2, 0.25) is 6.33 Å². The van der Waals surface area contributed by atoms with Gasteiger partial charge in [-0.1, -0.05) is 0 Å². The first-order valence-electron chi connectivity index (χ1n) is 6.61. The minimum absolute atomic E-state index is 0.236. The summed E-state index contributed by atoms with van der Waals surface area (Å²) in [6.07, 6.45) is 5.69. The van der Waals surface area contributed by atoms with Crippen LogP contribution in [0.15, 0.2) is 23.5 Å². The number of imidazole rings is 1. The maximum Gasteiger partial charge on any atom is 0.348 e. The number of nitrogens with zero attached hydrogens (tertiary/aromatic N) is 3. The van der Waals surface area contributed by atoms with Crippen LogP contribution in [0.25, 0.3) is 10.2 Å². The molecule has 3 aromatic heterocycles. The predicted octanol–water partition coefficient (Wildman–Crippen LogP) is 0.754. The monoisotopic (exact) mass is 319 g/mol. The summed E-state index contributed by atoms with van der Waals surface area (Å²) in [5.74, 6) is 0.102. The van der Waals surface area contributed by atoms with Crippen LogP contribution in [0.1, 0.15) is 21.1 Å². The Hall–Kier alpha value is -2.48. The van der Waals surface area contributed by atoms with Gasteiger partial charge in [-0.3, -0.25) is 4.79 Å². The fourth-order valence-corrected chi connectivity index (χ4v) is 3.44. The quantitative estimate of drug-likeness (QED) is 0.571. The van der Waals surface area contributed by atoms with Crippen LogP contribution in [0.5, 0.6) is 0 Å². The van der Waals surface area contributed by atoms with Crippen LogP contribution in [0.2, 0.25) is 0 Å². The summed E-state index contributed by atoms with van der Waals surface area (Å²) in [4.78, 5) is 32.2. The highest BCUT2D eigenvalue weighted by Gasteiger charge is 2.20. The Morgan fingerprint density at radius 1 is 1.55 bits per heavy atom. The van der Waals surface area contributed by atoms with Gasteiger partial charge in [-0.05, 0) is 12.5 Å². The molecule has 0 aromatic carbocycles. The van der Waals surface area contributed by atoms with Gasteiger partial charge < -0.3 is 9.72 Å². The van der Waals surface area contributed by atoms with Crippen LogP contribution < -0.4 is 10.1 Å². The van der Waals surface area contributed by atoms with Gasteiger partial charge in [0.1, 0.15) is 28.6 Å². The molecule has 3 rings (SSSR count). The largest absolute Gasteiger partial charge is 0.465 e. The average Bonchev–Trinajstić information content (AvgIpc) is 3.02. The van der Waals surface area contributed by atoms with E-state index < -0.39 is 5.97 Å². The summed E-state index contributed by atoms with van der Waals surface area (Å²) in [5.41, 5.74) is 0.375. The van der Waals surface area contributed by atoms with Crippen molar-refractivity contribution in [2.75, 3.05) is 7.11 Å². The molecule has 0 aliphatic heterocycles. The lowest BCUT2D eigenvalue weighted by Crippen LogP contribution is -2.24. The molecule has 3 aromatic rings. The van der Waals surface area contributed by atoms with E-state index >= 15 is 0 Å². The number of H-pyrrole nitrogens is 1. The Morgan fingerprint density at radius 2 is 2.32 bits per heavy atom. The van der Waals surface area contributed by atoms with Gasteiger partial charge in [0.05, 0.1) is 19.5 Å². The lowest BCUT2D eigenvalue weighted by molar-refractivity contribution is -0.671. The van der Waals surface area contributed by atoms with E-state index in [4.69, 9.17) is 4.74 Å². The molecular formula is C14H15N4O3S+. The van der Waals surface area contributed by atoms with Crippen molar-refractivity contribution in [1.82, 2.24) is 14.5 Å². The van der Waals surface area contributed by atoms with Crippen LogP contribution in [0.4, 0.5) is 0 Å². The number of aryl methyl sites for hydroxylation is 2. The van der Waals surface area contributed by atoms with E-state index in [9.17, 15) is 9.59 Å². The predicted molar refractivity (Wildman–Crippen MR) is 81.0 cm³/mol. The van der Waals surface area contributed by atoms with Crippen LogP contribution in [0.3, 0.4) is 0 Å². The van der Waals surface area contributed by atoms with Gasteiger partial charge in [-0.2, -0.15) is 0 Å². The number of fused-ring (bicyclic) bond motifs is 1. The first-order chi connectivity index (χ1) is 10.5. The lowest BCUT2D eigenvalue weighted by Gasteiger charge is -1.98. The number of carbonyl (C=O) groups excluding carboxylic acids is 1. The molecule has 3 heterocycles. The summed E-state index contributed by atoms with van der Waals surface area (Å²) in [6, 6.07) is 0. The molecule has 0 aliphatic rings. The van der Waals surface area contributed by atoms with E-state index in [0.29, 0.717) is 33.0 Å². The van der Waals surface area contributed by atoms with Gasteiger partial charge in [-0.25, -0.2) is 18.9 Å². The minimum Gasteiger partial charge on any atom is -0.465 e. The van der Waals surface area contributed by atoms with Crippen molar-refractivity contribution in [3.05, 3.63) is 45.3 Å². The van der Waals surface area contributed by atoms with Crippen molar-refractivity contribution in [3.63, 3.8) is 0 Å². The number of nitrogens with one attached hydrogen (secondary N) is 1. The van der Waals surface area contributed by atoms with Crippen molar-refractivity contribution in [2.45, 2.75) is 13.5 Å². The number of thiophene rings is 1. The zero-order valence-electron chi connectivity index (χ0n) is 12.4. The van der Waals surface area contributed by atoms with Gasteiger partial charge in [0.25, 0.3) is 5.56 Å². The van der Waals surface area contributed by atoms with E-state index in [0.717, 1.165) is 0 Å². The minimum atomic E-state index is -0.445. The second-order valence-corrected chi connectivity index (χ2v) is 5.99. The van der Waals surface area contributed by atoms with E-state index in [-0.39, 0.29) is 5.56 Å². The molecule has 0 atom stereocenters. The molecule has 0 amide bonds. The Labute approximate surface area is 129 Å². The number of hydrogen-bond donors (Lipinski definition) is 1. The molecule has 0 aliphatic carbocycles. The molecule has 0 saturated heterocycles. The molecule has 1 N–H and O–H groups in total. The zero-order valence-corrected chi connectivity index (χ0v) is 13.2. The van der Waals surface area contributed by atoms with Crippen LogP contribution >= 0.6 is 11.3 Å².